The van der Waals surface area contributed by atoms with Crippen molar-refractivity contribution < 1.29 is 5.11 Å². The maximum atomic E-state index is 8.95. The van der Waals surface area contributed by atoms with Crippen molar-refractivity contribution in [2.24, 2.45) is 0 Å². The van der Waals surface area contributed by atoms with E-state index in [-0.39, 0.29) is 5.54 Å². The first-order chi connectivity index (χ1) is 5.74. The second kappa shape index (κ2) is 6.44. The summed E-state index contributed by atoms with van der Waals surface area (Å²) < 4.78 is 0. The Balaban J connectivity index is 4.06. The molecule has 1 unspecified atom stereocenters. The molecule has 1 atom stereocenters. The molecule has 0 saturated carbocycles. The van der Waals surface area contributed by atoms with Crippen LogP contribution in [0.1, 0.15) is 46.5 Å². The number of aliphatic hydroxyl groups is 1. The van der Waals surface area contributed by atoms with Crippen LogP contribution in [0.2, 0.25) is 0 Å². The lowest BCUT2D eigenvalue weighted by Gasteiger charge is -2.33. The molecule has 0 aromatic rings. The molecule has 74 valence electrons. The van der Waals surface area contributed by atoms with Crippen molar-refractivity contribution in [3.05, 3.63) is 0 Å². The zero-order valence-corrected chi connectivity index (χ0v) is 8.69. The molecule has 0 aliphatic heterocycles. The molecule has 0 aliphatic rings. The molecule has 0 spiro atoms. The SMILES string of the molecule is CCCC(CC)(CCO)NCC. The Kier molecular flexibility index (Phi) is 6.39. The predicted octanol–water partition coefficient (Wildman–Crippen LogP) is 1.93. The normalized spacial score (nSPS) is 16.0. The first-order valence-corrected chi connectivity index (χ1v) is 5.10. The van der Waals surface area contributed by atoms with Gasteiger partial charge in [-0.1, -0.05) is 27.2 Å². The largest absolute Gasteiger partial charge is 0.396 e. The number of hydrogen-bond donors (Lipinski definition) is 2. The number of nitrogens with one attached hydrogen (secondary N) is 1. The molecule has 12 heavy (non-hydrogen) atoms. The number of aliphatic hydroxyl groups excluding tert-OH is 1. The van der Waals surface area contributed by atoms with Crippen molar-refractivity contribution in [1.29, 1.82) is 0 Å². The maximum Gasteiger partial charge on any atom is 0.0448 e. The lowest BCUT2D eigenvalue weighted by Crippen LogP contribution is -2.45. The molecule has 0 saturated heterocycles. The first kappa shape index (κ1) is 11.9. The van der Waals surface area contributed by atoms with Crippen LogP contribution in [0.4, 0.5) is 0 Å². The highest BCUT2D eigenvalue weighted by Crippen LogP contribution is 2.20. The van der Waals surface area contributed by atoms with E-state index in [0.29, 0.717) is 6.61 Å². The summed E-state index contributed by atoms with van der Waals surface area (Å²) in [6, 6.07) is 0. The number of rotatable bonds is 7. The minimum Gasteiger partial charge on any atom is -0.396 e. The van der Waals surface area contributed by atoms with Crippen molar-refractivity contribution in [3.8, 4) is 0 Å². The molecule has 0 amide bonds. The van der Waals surface area contributed by atoms with Gasteiger partial charge in [0.2, 0.25) is 0 Å². The molecule has 0 aromatic heterocycles. The summed E-state index contributed by atoms with van der Waals surface area (Å²) in [5, 5.41) is 12.4. The topological polar surface area (TPSA) is 32.3 Å². The van der Waals surface area contributed by atoms with Crippen LogP contribution < -0.4 is 5.32 Å². The summed E-state index contributed by atoms with van der Waals surface area (Å²) >= 11 is 0. The van der Waals surface area contributed by atoms with E-state index in [9.17, 15) is 0 Å². The van der Waals surface area contributed by atoms with E-state index in [0.717, 1.165) is 25.8 Å². The van der Waals surface area contributed by atoms with Crippen LogP contribution in [0.15, 0.2) is 0 Å². The molecule has 0 heterocycles. The van der Waals surface area contributed by atoms with E-state index < -0.39 is 0 Å². The van der Waals surface area contributed by atoms with Crippen LogP contribution in [0.3, 0.4) is 0 Å². The Morgan fingerprint density at radius 2 is 1.83 bits per heavy atom. The zero-order valence-electron chi connectivity index (χ0n) is 8.69. The van der Waals surface area contributed by atoms with Gasteiger partial charge in [0.05, 0.1) is 0 Å². The van der Waals surface area contributed by atoms with E-state index in [1.54, 1.807) is 0 Å². The van der Waals surface area contributed by atoms with Crippen LogP contribution in [-0.2, 0) is 0 Å². The van der Waals surface area contributed by atoms with Gasteiger partial charge in [-0.15, -0.1) is 0 Å². The molecule has 0 bridgehead atoms. The predicted molar refractivity (Wildman–Crippen MR) is 53.3 cm³/mol. The fourth-order valence-corrected chi connectivity index (χ4v) is 1.85. The molecule has 0 aromatic carbocycles. The highest BCUT2D eigenvalue weighted by molar-refractivity contribution is 4.85. The van der Waals surface area contributed by atoms with Gasteiger partial charge in [0.15, 0.2) is 0 Å². The Hall–Kier alpha value is -0.0800. The third-order valence-corrected chi connectivity index (χ3v) is 2.55. The standard InChI is InChI=1S/C10H23NO/c1-4-7-10(5-2,8-9-12)11-6-3/h11-12H,4-9H2,1-3H3. The second-order valence-corrected chi connectivity index (χ2v) is 3.39. The van der Waals surface area contributed by atoms with Gasteiger partial charge >= 0.3 is 0 Å². The van der Waals surface area contributed by atoms with Crippen LogP contribution >= 0.6 is 0 Å². The average molecular weight is 173 g/mol. The molecule has 2 N–H and O–H groups in total. The van der Waals surface area contributed by atoms with Crippen LogP contribution in [-0.4, -0.2) is 23.8 Å². The molecular formula is C10H23NO. The van der Waals surface area contributed by atoms with Crippen LogP contribution in [0.5, 0.6) is 0 Å². The highest BCUT2D eigenvalue weighted by Gasteiger charge is 2.24. The quantitative estimate of drug-likeness (QED) is 0.616. The Labute approximate surface area is 76.4 Å². The molecule has 0 rings (SSSR count). The molecular weight excluding hydrogens is 150 g/mol. The van der Waals surface area contributed by atoms with Gasteiger partial charge in [-0.25, -0.2) is 0 Å². The van der Waals surface area contributed by atoms with Gasteiger partial charge in [0.1, 0.15) is 0 Å². The van der Waals surface area contributed by atoms with Crippen molar-refractivity contribution in [2.75, 3.05) is 13.2 Å². The third-order valence-electron chi connectivity index (χ3n) is 2.55. The summed E-state index contributed by atoms with van der Waals surface area (Å²) in [5.74, 6) is 0. The third kappa shape index (κ3) is 3.55. The van der Waals surface area contributed by atoms with Gasteiger partial charge in [0.25, 0.3) is 0 Å². The highest BCUT2D eigenvalue weighted by atomic mass is 16.3. The minimum atomic E-state index is 0.193. The number of hydrogen-bond acceptors (Lipinski definition) is 2. The van der Waals surface area contributed by atoms with Crippen molar-refractivity contribution in [3.63, 3.8) is 0 Å². The van der Waals surface area contributed by atoms with E-state index in [2.05, 4.69) is 26.1 Å². The van der Waals surface area contributed by atoms with Gasteiger partial charge in [-0.05, 0) is 25.8 Å². The summed E-state index contributed by atoms with van der Waals surface area (Å²) in [7, 11) is 0. The molecule has 0 aliphatic carbocycles. The van der Waals surface area contributed by atoms with Crippen molar-refractivity contribution in [1.82, 2.24) is 5.32 Å². The summed E-state index contributed by atoms with van der Waals surface area (Å²) in [6.45, 7) is 7.79. The van der Waals surface area contributed by atoms with Gasteiger partial charge in [0, 0.05) is 12.1 Å². The van der Waals surface area contributed by atoms with E-state index in [1.807, 2.05) is 0 Å². The molecule has 2 nitrogen and oxygen atoms in total. The second-order valence-electron chi connectivity index (χ2n) is 3.39. The molecule has 2 heteroatoms. The van der Waals surface area contributed by atoms with Gasteiger partial charge in [-0.2, -0.15) is 0 Å². The average Bonchev–Trinajstić information content (AvgIpc) is 2.06. The van der Waals surface area contributed by atoms with Crippen molar-refractivity contribution in [2.45, 2.75) is 52.0 Å². The van der Waals surface area contributed by atoms with Crippen LogP contribution in [0, 0.1) is 0 Å². The minimum absolute atomic E-state index is 0.193. The maximum absolute atomic E-state index is 8.95. The Bertz CT molecular complexity index is 87.0. The van der Waals surface area contributed by atoms with Gasteiger partial charge < -0.3 is 10.4 Å². The molecule has 0 radical (unpaired) electrons. The van der Waals surface area contributed by atoms with Gasteiger partial charge in [-0.3, -0.25) is 0 Å². The fourth-order valence-electron chi connectivity index (χ4n) is 1.85. The smallest absolute Gasteiger partial charge is 0.0448 e. The Morgan fingerprint density at radius 1 is 1.17 bits per heavy atom. The molecule has 0 fully saturated rings. The van der Waals surface area contributed by atoms with Crippen molar-refractivity contribution >= 4 is 0 Å². The lowest BCUT2D eigenvalue weighted by molar-refractivity contribution is 0.195. The van der Waals surface area contributed by atoms with E-state index in [4.69, 9.17) is 5.11 Å². The van der Waals surface area contributed by atoms with Crippen LogP contribution in [0.25, 0.3) is 0 Å². The summed E-state index contributed by atoms with van der Waals surface area (Å²) in [6.07, 6.45) is 4.33. The fraction of sp³-hybridized carbons (Fsp3) is 1.00. The summed E-state index contributed by atoms with van der Waals surface area (Å²) in [4.78, 5) is 0. The first-order valence-electron chi connectivity index (χ1n) is 5.10. The van der Waals surface area contributed by atoms with E-state index >= 15 is 0 Å². The summed E-state index contributed by atoms with van der Waals surface area (Å²) in [5.41, 5.74) is 0.193. The zero-order chi connectivity index (χ0) is 9.45. The Morgan fingerprint density at radius 3 is 2.17 bits per heavy atom. The monoisotopic (exact) mass is 173 g/mol. The lowest BCUT2D eigenvalue weighted by atomic mass is 9.87. The van der Waals surface area contributed by atoms with E-state index in [1.165, 1.54) is 6.42 Å².